The fourth-order valence-corrected chi connectivity index (χ4v) is 3.31. The highest BCUT2D eigenvalue weighted by Crippen LogP contribution is 2.29. The van der Waals surface area contributed by atoms with Crippen LogP contribution in [0.4, 0.5) is 16.2 Å². The summed E-state index contributed by atoms with van der Waals surface area (Å²) >= 11 is 0. The van der Waals surface area contributed by atoms with Gasteiger partial charge in [-0.3, -0.25) is 9.78 Å². The molecule has 0 saturated heterocycles. The second kappa shape index (κ2) is 9.17. The molecule has 31 heavy (non-hydrogen) atoms. The number of para-hydroxylation sites is 1. The lowest BCUT2D eigenvalue weighted by atomic mass is 10.1. The molecule has 158 valence electrons. The smallest absolute Gasteiger partial charge is 0.319 e. The normalized spacial score (nSPS) is 14.2. The molecule has 8 heteroatoms. The number of carbonyl (C=O) groups is 2. The Kier molecular flexibility index (Phi) is 5.98. The van der Waals surface area contributed by atoms with Crippen LogP contribution in [0.25, 0.3) is 0 Å². The molecule has 2 heterocycles. The van der Waals surface area contributed by atoms with Crippen molar-refractivity contribution in [3.63, 3.8) is 0 Å². The van der Waals surface area contributed by atoms with E-state index in [-0.39, 0.29) is 18.0 Å². The van der Waals surface area contributed by atoms with Gasteiger partial charge in [0.2, 0.25) is 0 Å². The highest BCUT2D eigenvalue weighted by molar-refractivity contribution is 6.05. The number of anilines is 2. The zero-order valence-corrected chi connectivity index (χ0v) is 16.9. The molecule has 3 N–H and O–H groups in total. The lowest BCUT2D eigenvalue weighted by molar-refractivity contribution is 0.102. The minimum Gasteiger partial charge on any atom is -0.494 e. The van der Waals surface area contributed by atoms with Crippen molar-refractivity contribution in [3.05, 3.63) is 78.1 Å². The van der Waals surface area contributed by atoms with Crippen molar-refractivity contribution in [1.29, 1.82) is 0 Å². The Balaban J connectivity index is 1.32. The predicted octanol–water partition coefficient (Wildman–Crippen LogP) is 3.47. The molecular formula is C23H22N4O4. The first-order chi connectivity index (χ1) is 15.1. The number of hydrogen-bond donors (Lipinski definition) is 3. The zero-order chi connectivity index (χ0) is 21.6. The molecule has 0 radical (unpaired) electrons. The van der Waals surface area contributed by atoms with Crippen LogP contribution in [-0.2, 0) is 6.42 Å². The number of urea groups is 1. The number of nitrogens with one attached hydrogen (secondary N) is 3. The standard InChI is InChI=1S/C23H22N4O4/c1-30-21-12-17(8-9-19(21)27-22(28)16-6-4-10-24-13-16)26-23(29)25-14-18-11-15-5-2-3-7-20(15)31-18/h2-10,12-13,18H,11,14H2,1H3,(H,27,28)(H2,25,26,29)/t18-/m1/s1. The van der Waals surface area contributed by atoms with E-state index in [1.165, 1.54) is 13.3 Å². The maximum absolute atomic E-state index is 12.3. The molecule has 3 amide bonds. The van der Waals surface area contributed by atoms with Gasteiger partial charge in [-0.05, 0) is 35.9 Å². The van der Waals surface area contributed by atoms with E-state index >= 15 is 0 Å². The molecule has 2 aromatic carbocycles. The molecule has 0 aliphatic carbocycles. The van der Waals surface area contributed by atoms with Crippen LogP contribution in [0.2, 0.25) is 0 Å². The van der Waals surface area contributed by atoms with E-state index in [4.69, 9.17) is 9.47 Å². The first-order valence-electron chi connectivity index (χ1n) is 9.81. The second-order valence-corrected chi connectivity index (χ2v) is 7.00. The molecule has 8 nitrogen and oxygen atoms in total. The fourth-order valence-electron chi connectivity index (χ4n) is 3.31. The summed E-state index contributed by atoms with van der Waals surface area (Å²) in [5.41, 5.74) is 2.59. The number of hydrogen-bond acceptors (Lipinski definition) is 5. The van der Waals surface area contributed by atoms with Gasteiger partial charge in [-0.15, -0.1) is 0 Å². The summed E-state index contributed by atoms with van der Waals surface area (Å²) in [5.74, 6) is 0.982. The highest BCUT2D eigenvalue weighted by Gasteiger charge is 2.22. The minimum atomic E-state index is -0.353. The van der Waals surface area contributed by atoms with E-state index in [0.29, 0.717) is 29.2 Å². The van der Waals surface area contributed by atoms with Gasteiger partial charge in [0.25, 0.3) is 5.91 Å². The first-order valence-corrected chi connectivity index (χ1v) is 9.81. The van der Waals surface area contributed by atoms with E-state index in [1.54, 1.807) is 36.5 Å². The molecule has 0 bridgehead atoms. The van der Waals surface area contributed by atoms with Crippen LogP contribution in [0.15, 0.2) is 67.0 Å². The van der Waals surface area contributed by atoms with Gasteiger partial charge in [0, 0.05) is 30.6 Å². The summed E-state index contributed by atoms with van der Waals surface area (Å²) in [4.78, 5) is 28.6. The number of benzene rings is 2. The van der Waals surface area contributed by atoms with Crippen LogP contribution in [0.5, 0.6) is 11.5 Å². The Morgan fingerprint density at radius 3 is 2.77 bits per heavy atom. The number of ether oxygens (including phenoxy) is 2. The van der Waals surface area contributed by atoms with E-state index in [0.717, 1.165) is 17.7 Å². The summed E-state index contributed by atoms with van der Waals surface area (Å²) in [5, 5.41) is 8.37. The fraction of sp³-hybridized carbons (Fsp3) is 0.174. The summed E-state index contributed by atoms with van der Waals surface area (Å²) in [7, 11) is 1.49. The van der Waals surface area contributed by atoms with Crippen LogP contribution < -0.4 is 25.4 Å². The number of pyridine rings is 1. The zero-order valence-electron chi connectivity index (χ0n) is 16.9. The molecular weight excluding hydrogens is 396 g/mol. The summed E-state index contributed by atoms with van der Waals surface area (Å²) < 4.78 is 11.2. The Morgan fingerprint density at radius 1 is 1.13 bits per heavy atom. The SMILES string of the molecule is COc1cc(NC(=O)NC[C@H]2Cc3ccccc3O2)ccc1NC(=O)c1cccnc1. The molecule has 1 aliphatic heterocycles. The number of carbonyl (C=O) groups excluding carboxylic acids is 2. The van der Waals surface area contributed by atoms with Crippen molar-refractivity contribution >= 4 is 23.3 Å². The van der Waals surface area contributed by atoms with E-state index in [9.17, 15) is 9.59 Å². The Bertz CT molecular complexity index is 1060. The average Bonchev–Trinajstić information content (AvgIpc) is 3.22. The van der Waals surface area contributed by atoms with Gasteiger partial charge in [-0.25, -0.2) is 4.79 Å². The number of methoxy groups -OCH3 is 1. The van der Waals surface area contributed by atoms with E-state index < -0.39 is 0 Å². The summed E-state index contributed by atoms with van der Waals surface area (Å²) in [6.45, 7) is 0.386. The molecule has 1 aromatic heterocycles. The maximum Gasteiger partial charge on any atom is 0.319 e. The Labute approximate surface area is 179 Å². The van der Waals surface area contributed by atoms with E-state index in [1.807, 2.05) is 24.3 Å². The van der Waals surface area contributed by atoms with Crippen LogP contribution in [0.1, 0.15) is 15.9 Å². The van der Waals surface area contributed by atoms with Gasteiger partial charge < -0.3 is 25.4 Å². The van der Waals surface area contributed by atoms with Crippen LogP contribution >= 0.6 is 0 Å². The average molecular weight is 418 g/mol. The number of rotatable bonds is 6. The Hall–Kier alpha value is -4.07. The molecule has 4 rings (SSSR count). The lowest BCUT2D eigenvalue weighted by Gasteiger charge is -2.14. The topological polar surface area (TPSA) is 102 Å². The predicted molar refractivity (Wildman–Crippen MR) is 117 cm³/mol. The van der Waals surface area contributed by atoms with Gasteiger partial charge >= 0.3 is 6.03 Å². The van der Waals surface area contributed by atoms with Crippen LogP contribution in [-0.4, -0.2) is 36.7 Å². The highest BCUT2D eigenvalue weighted by atomic mass is 16.5. The monoisotopic (exact) mass is 418 g/mol. The number of fused-ring (bicyclic) bond motifs is 1. The molecule has 3 aromatic rings. The first kappa shape index (κ1) is 20.2. The second-order valence-electron chi connectivity index (χ2n) is 7.00. The van der Waals surface area contributed by atoms with E-state index in [2.05, 4.69) is 20.9 Å². The number of nitrogens with zero attached hydrogens (tertiary/aromatic N) is 1. The summed E-state index contributed by atoms with van der Waals surface area (Å²) in [6, 6.07) is 15.8. The van der Waals surface area contributed by atoms with Crippen molar-refractivity contribution in [2.24, 2.45) is 0 Å². The largest absolute Gasteiger partial charge is 0.494 e. The minimum absolute atomic E-state index is 0.0947. The van der Waals surface area contributed by atoms with Gasteiger partial charge in [0.1, 0.15) is 17.6 Å². The van der Waals surface area contributed by atoms with Crippen molar-refractivity contribution in [2.75, 3.05) is 24.3 Å². The molecule has 0 unspecified atom stereocenters. The van der Waals surface area contributed by atoms with Gasteiger partial charge in [0.15, 0.2) is 0 Å². The van der Waals surface area contributed by atoms with Gasteiger partial charge in [-0.1, -0.05) is 18.2 Å². The Morgan fingerprint density at radius 2 is 2.00 bits per heavy atom. The van der Waals surface area contributed by atoms with Crippen molar-refractivity contribution < 1.29 is 19.1 Å². The third-order valence-electron chi connectivity index (χ3n) is 4.84. The van der Waals surface area contributed by atoms with Gasteiger partial charge in [0.05, 0.1) is 24.9 Å². The molecule has 0 fully saturated rings. The van der Waals surface area contributed by atoms with Crippen molar-refractivity contribution in [3.8, 4) is 11.5 Å². The quantitative estimate of drug-likeness (QED) is 0.569. The third kappa shape index (κ3) is 4.92. The van der Waals surface area contributed by atoms with Crippen LogP contribution in [0, 0.1) is 0 Å². The van der Waals surface area contributed by atoms with Crippen molar-refractivity contribution in [2.45, 2.75) is 12.5 Å². The molecule has 0 saturated carbocycles. The summed E-state index contributed by atoms with van der Waals surface area (Å²) in [6.07, 6.45) is 3.74. The third-order valence-corrected chi connectivity index (χ3v) is 4.84. The lowest BCUT2D eigenvalue weighted by Crippen LogP contribution is -2.37. The molecule has 1 atom stereocenters. The molecule has 1 aliphatic rings. The maximum atomic E-state index is 12.3. The van der Waals surface area contributed by atoms with Crippen LogP contribution in [0.3, 0.4) is 0 Å². The molecule has 0 spiro atoms. The van der Waals surface area contributed by atoms with Gasteiger partial charge in [-0.2, -0.15) is 0 Å². The van der Waals surface area contributed by atoms with Crippen molar-refractivity contribution in [1.82, 2.24) is 10.3 Å². The number of aromatic nitrogens is 1. The number of amides is 3.